The summed E-state index contributed by atoms with van der Waals surface area (Å²) < 4.78 is 63.0. The lowest BCUT2D eigenvalue weighted by molar-refractivity contribution is -0.387. The molecule has 6 saturated heterocycles. The molecular weight excluding hydrogens is 1130 g/mol. The highest BCUT2D eigenvalue weighted by Gasteiger charge is 2.62. The summed E-state index contributed by atoms with van der Waals surface area (Å²) >= 11 is 0. The molecule has 0 radical (unpaired) electrons. The van der Waals surface area contributed by atoms with Crippen molar-refractivity contribution in [3.8, 4) is 0 Å². The van der Waals surface area contributed by atoms with E-state index in [4.69, 9.17) is 52.1 Å². The van der Waals surface area contributed by atoms with Gasteiger partial charge >= 0.3 is 5.97 Å². The lowest BCUT2D eigenvalue weighted by Crippen LogP contribution is -2.72. The summed E-state index contributed by atoms with van der Waals surface area (Å²) in [6.07, 6.45) is -56.0. The fraction of sp³-hybridized carbons (Fsp3) is 0.911. The molecule has 6 rings (SSSR count). The van der Waals surface area contributed by atoms with Crippen LogP contribution in [0.3, 0.4) is 0 Å². The molecule has 0 spiro atoms. The van der Waals surface area contributed by atoms with Crippen LogP contribution in [-0.2, 0) is 71.3 Å². The number of nitrogens with one attached hydrogen (secondary N) is 3. The van der Waals surface area contributed by atoms with Gasteiger partial charge in [-0.2, -0.15) is 0 Å². The normalized spacial score (nSPS) is 46.3. The van der Waals surface area contributed by atoms with E-state index in [1.54, 1.807) is 0 Å². The molecule has 6 fully saturated rings. The van der Waals surface area contributed by atoms with Crippen molar-refractivity contribution in [3.05, 3.63) is 0 Å². The summed E-state index contributed by atoms with van der Waals surface area (Å²) in [5, 5.41) is 212. The molecular formula is C45H75N3O34. The van der Waals surface area contributed by atoms with E-state index in [9.17, 15) is 116 Å². The van der Waals surface area contributed by atoms with Gasteiger partial charge < -0.3 is 165 Å². The second-order valence-corrected chi connectivity index (χ2v) is 20.4. The highest BCUT2D eigenvalue weighted by atomic mass is 16.8. The SMILES string of the molecule is CC(=O)N[C@H]1[C@H](O[C@H]2[C@@H](O)[C@@H](CO)O[C@@H](O[C@H]3[C@H](O)[C@@H](O)[C@H](O)O[C@@H]3CO)[C@@H]2O)O[C@H](CO)[C@@H](O[C@@H]2O[C@H](CO)[C@H](O)[C@H](O[C@H]3O[C@H](CO)[C@H](O)[C@H](O[C@]4(C(=O)O)C[C@H](O)[C@@H](NC(C)=O)[C@H]([C@H](O)[C@H](O)CO)O4)[C@H]3NC(C)=O)[C@H]2O)[C@@H]1O. The van der Waals surface area contributed by atoms with Crippen molar-refractivity contribution < 1.29 is 168 Å². The zero-order chi connectivity index (χ0) is 61.0. The van der Waals surface area contributed by atoms with Crippen LogP contribution in [0.2, 0.25) is 0 Å². The first kappa shape index (κ1) is 67.8. The smallest absolute Gasteiger partial charge is 0.364 e. The van der Waals surface area contributed by atoms with Crippen LogP contribution in [0.15, 0.2) is 0 Å². The van der Waals surface area contributed by atoms with Crippen LogP contribution in [0, 0.1) is 0 Å². The van der Waals surface area contributed by atoms with Gasteiger partial charge in [-0.15, -0.1) is 0 Å². The average Bonchev–Trinajstić information content (AvgIpc) is 3.43. The van der Waals surface area contributed by atoms with Crippen molar-refractivity contribution in [2.24, 2.45) is 0 Å². The monoisotopic (exact) mass is 1200 g/mol. The minimum Gasteiger partial charge on any atom is -0.477 e. The van der Waals surface area contributed by atoms with Gasteiger partial charge in [0.2, 0.25) is 17.7 Å². The minimum atomic E-state index is -3.22. The van der Waals surface area contributed by atoms with Crippen LogP contribution in [-0.4, -0.2) is 350 Å². The molecule has 6 heterocycles. The van der Waals surface area contributed by atoms with Gasteiger partial charge in [-0.05, 0) is 0 Å². The third-order valence-corrected chi connectivity index (χ3v) is 14.6. The second-order valence-electron chi connectivity index (χ2n) is 20.4. The van der Waals surface area contributed by atoms with Gasteiger partial charge in [0.25, 0.3) is 5.79 Å². The highest BCUT2D eigenvalue weighted by molar-refractivity contribution is 5.77. The van der Waals surface area contributed by atoms with E-state index in [-0.39, 0.29) is 0 Å². The van der Waals surface area contributed by atoms with Crippen LogP contribution in [0.25, 0.3) is 0 Å². The van der Waals surface area contributed by atoms with Gasteiger partial charge in [0, 0.05) is 27.2 Å². The highest BCUT2D eigenvalue weighted by Crippen LogP contribution is 2.40. The van der Waals surface area contributed by atoms with Gasteiger partial charge in [-0.25, -0.2) is 4.79 Å². The number of carbonyl (C=O) groups excluding carboxylic acids is 3. The van der Waals surface area contributed by atoms with E-state index in [2.05, 4.69) is 16.0 Å². The van der Waals surface area contributed by atoms with Crippen molar-refractivity contribution in [1.29, 1.82) is 0 Å². The number of aliphatic hydroxyl groups is 18. The van der Waals surface area contributed by atoms with Crippen LogP contribution in [0.4, 0.5) is 0 Å². The van der Waals surface area contributed by atoms with E-state index in [1.807, 2.05) is 0 Å². The number of carbonyl (C=O) groups is 4. The van der Waals surface area contributed by atoms with Crippen molar-refractivity contribution >= 4 is 23.7 Å². The van der Waals surface area contributed by atoms with Gasteiger partial charge in [0.05, 0.1) is 51.8 Å². The number of aliphatic hydroxyl groups excluding tert-OH is 18. The van der Waals surface area contributed by atoms with Gasteiger partial charge in [0.15, 0.2) is 31.5 Å². The summed E-state index contributed by atoms with van der Waals surface area (Å²) in [6, 6.07) is -5.56. The first-order valence-corrected chi connectivity index (χ1v) is 25.7. The fourth-order valence-corrected chi connectivity index (χ4v) is 10.4. The molecule has 0 saturated carbocycles. The molecule has 37 heteroatoms. The lowest BCUT2D eigenvalue weighted by Gasteiger charge is -2.52. The Labute approximate surface area is 463 Å². The summed E-state index contributed by atoms with van der Waals surface area (Å²) in [5.74, 6) is -8.03. The Bertz CT molecular complexity index is 2090. The van der Waals surface area contributed by atoms with Crippen LogP contribution in [0.1, 0.15) is 27.2 Å². The van der Waals surface area contributed by atoms with Crippen molar-refractivity contribution in [2.75, 3.05) is 39.6 Å². The number of ether oxygens (including phenoxy) is 11. The minimum absolute atomic E-state index is 0.837. The third-order valence-electron chi connectivity index (χ3n) is 14.6. The van der Waals surface area contributed by atoms with Crippen LogP contribution < -0.4 is 16.0 Å². The predicted molar refractivity (Wildman–Crippen MR) is 251 cm³/mol. The molecule has 31 atom stereocenters. The van der Waals surface area contributed by atoms with Gasteiger partial charge in [-0.1, -0.05) is 0 Å². The molecule has 6 aliphatic heterocycles. The maximum absolute atomic E-state index is 13.2. The first-order valence-electron chi connectivity index (χ1n) is 25.7. The maximum atomic E-state index is 13.2. The number of amides is 3. The zero-order valence-electron chi connectivity index (χ0n) is 43.9. The Hall–Kier alpha value is -3.28. The van der Waals surface area contributed by atoms with Crippen molar-refractivity contribution in [1.82, 2.24) is 16.0 Å². The maximum Gasteiger partial charge on any atom is 0.364 e. The topological polar surface area (TPSA) is 590 Å². The lowest BCUT2D eigenvalue weighted by atomic mass is 9.88. The van der Waals surface area contributed by atoms with Crippen LogP contribution >= 0.6 is 0 Å². The van der Waals surface area contributed by atoms with Gasteiger partial charge in [-0.3, -0.25) is 14.4 Å². The van der Waals surface area contributed by atoms with E-state index >= 15 is 0 Å². The molecule has 0 bridgehead atoms. The molecule has 0 aromatic carbocycles. The Morgan fingerprint density at radius 2 is 0.866 bits per heavy atom. The molecule has 0 unspecified atom stereocenters. The standard InChI is InChI=1S/C45H75N3O34/c1-11(55)46-21-14(58)4-45(44(70)71,81-35(21)24(60)15(59)5-49)82-36-23(48-13(3)57)41(73-16(6-50)25(36)61)80-38-27(63)18(8-52)74-42(32(38)68)77-33-20(10-54)76-40(22(28(33)64)47-12(2)56)79-37-26(62)17(7-51)75-43(31(37)67)78-34-19(9-53)72-39(69)30(66)29(34)65/h14-43,49-54,58-69H,4-10H2,1-3H3,(H,46,55)(H,47,56)(H,48,57)(H,70,71)/t14-,15+,16+,17+,18+,19+,20+,21+,22+,23+,24+,25-,26-,27-,28+,29+,30+,31+,32+,33+,34+,35+,36+,37-,38-,39+,40-,41+,42-,43-,45-/m0/s1. The molecule has 0 aromatic rings. The summed E-state index contributed by atoms with van der Waals surface area (Å²) in [4.78, 5) is 50.9. The molecule has 3 amide bonds. The van der Waals surface area contributed by atoms with Crippen LogP contribution in [0.5, 0.6) is 0 Å². The average molecular weight is 1200 g/mol. The second kappa shape index (κ2) is 28.9. The predicted octanol–water partition coefficient (Wildman–Crippen LogP) is -14.5. The van der Waals surface area contributed by atoms with E-state index < -0.39 is 259 Å². The summed E-state index contributed by atoms with van der Waals surface area (Å²) in [7, 11) is 0. The Morgan fingerprint density at radius 1 is 0.476 bits per heavy atom. The Balaban J connectivity index is 1.27. The fourth-order valence-electron chi connectivity index (χ4n) is 10.4. The third kappa shape index (κ3) is 14.6. The largest absolute Gasteiger partial charge is 0.477 e. The molecule has 82 heavy (non-hydrogen) atoms. The molecule has 37 nitrogen and oxygen atoms in total. The summed E-state index contributed by atoms with van der Waals surface area (Å²) in [5.41, 5.74) is 0. The van der Waals surface area contributed by atoms with Crippen molar-refractivity contribution in [3.63, 3.8) is 0 Å². The number of carboxylic acid groups (broad SMARTS) is 1. The van der Waals surface area contributed by atoms with E-state index in [1.165, 1.54) is 0 Å². The van der Waals surface area contributed by atoms with E-state index in [0.29, 0.717) is 0 Å². The van der Waals surface area contributed by atoms with Gasteiger partial charge in [0.1, 0.15) is 140 Å². The number of carboxylic acids is 1. The molecule has 22 N–H and O–H groups in total. The number of hydrogen-bond acceptors (Lipinski definition) is 33. The quantitative estimate of drug-likeness (QED) is 0.0479. The molecule has 0 aliphatic carbocycles. The first-order chi connectivity index (χ1) is 38.6. The van der Waals surface area contributed by atoms with E-state index in [0.717, 1.165) is 20.8 Å². The number of aliphatic carboxylic acids is 1. The van der Waals surface area contributed by atoms with Crippen molar-refractivity contribution in [2.45, 2.75) is 217 Å². The zero-order valence-corrected chi connectivity index (χ0v) is 43.9. The number of hydrogen-bond donors (Lipinski definition) is 22. The molecule has 474 valence electrons. The Kier molecular flexibility index (Phi) is 23.9. The Morgan fingerprint density at radius 3 is 1.32 bits per heavy atom. The molecule has 6 aliphatic rings. The number of rotatable bonds is 22. The summed E-state index contributed by atoms with van der Waals surface area (Å²) in [6.45, 7) is -3.60. The molecule has 0 aromatic heterocycles.